The lowest BCUT2D eigenvalue weighted by atomic mass is 10.2. The minimum Gasteiger partial charge on any atom is -0.452 e. The molecule has 1 aromatic heterocycles. The summed E-state index contributed by atoms with van der Waals surface area (Å²) in [5.41, 5.74) is 1.73. The highest BCUT2D eigenvalue weighted by atomic mass is 32.2. The SMILES string of the molecule is O=C(OCC(=O)N1CCSc2ccccc21)c1ccc(NC(=O)c2cccs2)cc1. The third kappa shape index (κ3) is 4.55. The fraction of sp³-hybridized carbons (Fsp3) is 0.136. The molecule has 0 spiro atoms. The average molecular weight is 439 g/mol. The first-order valence-electron chi connectivity index (χ1n) is 9.26. The third-order valence-corrected chi connectivity index (χ3v) is 6.39. The predicted molar refractivity (Wildman–Crippen MR) is 119 cm³/mol. The highest BCUT2D eigenvalue weighted by molar-refractivity contribution is 7.99. The summed E-state index contributed by atoms with van der Waals surface area (Å²) in [5, 5.41) is 4.60. The Morgan fingerprint density at radius 3 is 2.57 bits per heavy atom. The lowest BCUT2D eigenvalue weighted by molar-refractivity contribution is -0.121. The van der Waals surface area contributed by atoms with Crippen molar-refractivity contribution in [3.63, 3.8) is 0 Å². The van der Waals surface area contributed by atoms with Gasteiger partial charge < -0.3 is 15.0 Å². The van der Waals surface area contributed by atoms with Crippen molar-refractivity contribution in [3.8, 4) is 0 Å². The number of thioether (sulfide) groups is 1. The van der Waals surface area contributed by atoms with Crippen LogP contribution in [0.1, 0.15) is 20.0 Å². The second-order valence-electron chi connectivity index (χ2n) is 6.45. The molecule has 0 saturated carbocycles. The number of para-hydroxylation sites is 1. The molecule has 0 atom stereocenters. The Kier molecular flexibility index (Phi) is 6.15. The van der Waals surface area contributed by atoms with Gasteiger partial charge in [0.2, 0.25) is 0 Å². The molecule has 152 valence electrons. The monoisotopic (exact) mass is 438 g/mol. The Balaban J connectivity index is 1.33. The van der Waals surface area contributed by atoms with Gasteiger partial charge >= 0.3 is 5.97 Å². The van der Waals surface area contributed by atoms with Gasteiger partial charge in [0, 0.05) is 22.9 Å². The standard InChI is InChI=1S/C22H18N2O4S2/c25-20(24-11-13-30-18-5-2-1-4-17(18)24)14-28-22(27)15-7-9-16(10-8-15)23-21(26)19-6-3-12-29-19/h1-10,12H,11,13-14H2,(H,23,26). The summed E-state index contributed by atoms with van der Waals surface area (Å²) in [6.45, 7) is 0.255. The molecule has 8 heteroatoms. The van der Waals surface area contributed by atoms with E-state index in [1.807, 2.05) is 29.6 Å². The fourth-order valence-electron chi connectivity index (χ4n) is 3.01. The summed E-state index contributed by atoms with van der Waals surface area (Å²) >= 11 is 3.06. The molecule has 1 N–H and O–H groups in total. The first kappa shape index (κ1) is 20.2. The molecule has 0 unspecified atom stereocenters. The van der Waals surface area contributed by atoms with Crippen molar-refractivity contribution in [2.45, 2.75) is 4.90 Å². The second-order valence-corrected chi connectivity index (χ2v) is 8.53. The van der Waals surface area contributed by atoms with Crippen LogP contribution in [0.2, 0.25) is 0 Å². The van der Waals surface area contributed by atoms with E-state index in [9.17, 15) is 14.4 Å². The van der Waals surface area contributed by atoms with E-state index < -0.39 is 5.97 Å². The number of ether oxygens (including phenoxy) is 1. The molecule has 0 aliphatic carbocycles. The van der Waals surface area contributed by atoms with Crippen LogP contribution in [0.5, 0.6) is 0 Å². The minimum absolute atomic E-state index is 0.203. The van der Waals surface area contributed by atoms with Gasteiger partial charge in [-0.15, -0.1) is 23.1 Å². The first-order chi connectivity index (χ1) is 14.6. The molecule has 0 bridgehead atoms. The van der Waals surface area contributed by atoms with Crippen molar-refractivity contribution in [1.29, 1.82) is 0 Å². The van der Waals surface area contributed by atoms with Crippen molar-refractivity contribution < 1.29 is 19.1 Å². The zero-order valence-electron chi connectivity index (χ0n) is 15.9. The molecule has 2 amide bonds. The van der Waals surface area contributed by atoms with Gasteiger partial charge in [-0.05, 0) is 47.8 Å². The topological polar surface area (TPSA) is 75.7 Å². The molecule has 2 heterocycles. The Morgan fingerprint density at radius 1 is 1.00 bits per heavy atom. The quantitative estimate of drug-likeness (QED) is 0.601. The molecule has 0 fully saturated rings. The lowest BCUT2D eigenvalue weighted by Crippen LogP contribution is -2.38. The maximum Gasteiger partial charge on any atom is 0.338 e. The lowest BCUT2D eigenvalue weighted by Gasteiger charge is -2.28. The number of carbonyl (C=O) groups excluding carboxylic acids is 3. The number of fused-ring (bicyclic) bond motifs is 1. The van der Waals surface area contributed by atoms with E-state index >= 15 is 0 Å². The van der Waals surface area contributed by atoms with Crippen LogP contribution in [0.4, 0.5) is 11.4 Å². The molecule has 30 heavy (non-hydrogen) atoms. The zero-order valence-corrected chi connectivity index (χ0v) is 17.5. The van der Waals surface area contributed by atoms with Crippen LogP contribution in [0.15, 0.2) is 70.9 Å². The van der Waals surface area contributed by atoms with Crippen LogP contribution in [-0.2, 0) is 9.53 Å². The summed E-state index contributed by atoms with van der Waals surface area (Å²) in [7, 11) is 0. The number of hydrogen-bond acceptors (Lipinski definition) is 6. The molecule has 3 aromatic rings. The van der Waals surface area contributed by atoms with Gasteiger partial charge in [0.25, 0.3) is 11.8 Å². The van der Waals surface area contributed by atoms with E-state index in [0.717, 1.165) is 16.3 Å². The van der Waals surface area contributed by atoms with E-state index in [4.69, 9.17) is 4.74 Å². The van der Waals surface area contributed by atoms with Crippen molar-refractivity contribution in [2.24, 2.45) is 0 Å². The number of nitrogens with one attached hydrogen (secondary N) is 1. The Hall–Kier alpha value is -3.10. The van der Waals surface area contributed by atoms with Gasteiger partial charge in [-0.2, -0.15) is 0 Å². The Morgan fingerprint density at radius 2 is 1.80 bits per heavy atom. The van der Waals surface area contributed by atoms with Gasteiger partial charge in [0.15, 0.2) is 6.61 Å². The molecule has 1 aliphatic heterocycles. The molecule has 6 nitrogen and oxygen atoms in total. The van der Waals surface area contributed by atoms with Crippen LogP contribution in [-0.4, -0.2) is 36.7 Å². The first-order valence-corrected chi connectivity index (χ1v) is 11.1. The normalized spacial score (nSPS) is 12.7. The molecule has 0 radical (unpaired) electrons. The highest BCUT2D eigenvalue weighted by Crippen LogP contribution is 2.34. The molecular formula is C22H18N2O4S2. The van der Waals surface area contributed by atoms with Crippen LogP contribution < -0.4 is 10.2 Å². The van der Waals surface area contributed by atoms with Crippen LogP contribution in [0, 0.1) is 0 Å². The number of esters is 1. The predicted octanol–water partition coefficient (Wildman–Crippen LogP) is 4.30. The highest BCUT2D eigenvalue weighted by Gasteiger charge is 2.23. The van der Waals surface area contributed by atoms with Gasteiger partial charge in [0.05, 0.1) is 16.1 Å². The number of nitrogens with zero attached hydrogens (tertiary/aromatic N) is 1. The summed E-state index contributed by atoms with van der Waals surface area (Å²) in [5.74, 6) is -0.240. The van der Waals surface area contributed by atoms with Gasteiger partial charge in [-0.1, -0.05) is 18.2 Å². The molecule has 2 aromatic carbocycles. The number of amides is 2. The fourth-order valence-corrected chi connectivity index (χ4v) is 4.62. The van der Waals surface area contributed by atoms with Crippen molar-refractivity contribution in [1.82, 2.24) is 0 Å². The van der Waals surface area contributed by atoms with E-state index in [0.29, 0.717) is 22.7 Å². The summed E-state index contributed by atoms with van der Waals surface area (Å²) in [6, 6.07) is 17.6. The maximum absolute atomic E-state index is 12.6. The summed E-state index contributed by atoms with van der Waals surface area (Å²) in [4.78, 5) is 40.3. The average Bonchev–Trinajstić information content (AvgIpc) is 3.32. The van der Waals surface area contributed by atoms with E-state index in [1.165, 1.54) is 11.3 Å². The summed E-state index contributed by atoms with van der Waals surface area (Å²) in [6.07, 6.45) is 0. The number of thiophene rings is 1. The maximum atomic E-state index is 12.6. The number of hydrogen-bond donors (Lipinski definition) is 1. The minimum atomic E-state index is -0.584. The largest absolute Gasteiger partial charge is 0.452 e. The van der Waals surface area contributed by atoms with E-state index in [1.54, 1.807) is 53.1 Å². The third-order valence-electron chi connectivity index (χ3n) is 4.48. The molecular weight excluding hydrogens is 420 g/mol. The van der Waals surface area contributed by atoms with E-state index in [2.05, 4.69) is 5.32 Å². The van der Waals surface area contributed by atoms with E-state index in [-0.39, 0.29) is 18.4 Å². The van der Waals surface area contributed by atoms with Crippen molar-refractivity contribution in [2.75, 3.05) is 29.1 Å². The van der Waals surface area contributed by atoms with Crippen molar-refractivity contribution in [3.05, 3.63) is 76.5 Å². The van der Waals surface area contributed by atoms with Crippen molar-refractivity contribution >= 4 is 52.3 Å². The Labute approximate surface area is 181 Å². The number of rotatable bonds is 5. The number of benzene rings is 2. The zero-order chi connectivity index (χ0) is 20.9. The molecule has 1 aliphatic rings. The van der Waals surface area contributed by atoms with Crippen LogP contribution in [0.3, 0.4) is 0 Å². The van der Waals surface area contributed by atoms with Gasteiger partial charge in [-0.25, -0.2) is 4.79 Å². The summed E-state index contributed by atoms with van der Waals surface area (Å²) < 4.78 is 5.22. The Bertz CT molecular complexity index is 1070. The smallest absolute Gasteiger partial charge is 0.338 e. The van der Waals surface area contributed by atoms with Crippen LogP contribution >= 0.6 is 23.1 Å². The molecule has 0 saturated heterocycles. The molecule has 4 rings (SSSR count). The number of carbonyl (C=O) groups is 3. The van der Waals surface area contributed by atoms with Gasteiger partial charge in [-0.3, -0.25) is 9.59 Å². The van der Waals surface area contributed by atoms with Gasteiger partial charge in [0.1, 0.15) is 0 Å². The number of anilines is 2. The second kappa shape index (κ2) is 9.15. The van der Waals surface area contributed by atoms with Crippen LogP contribution in [0.25, 0.3) is 0 Å².